The number of nitrogens with zero attached hydrogens (tertiary/aromatic N) is 2. The molecule has 2 aromatic carbocycles. The number of pyridine rings is 1. The van der Waals surface area contributed by atoms with Crippen LogP contribution in [0.1, 0.15) is 55.3 Å². The number of carbonyl (C=O) groups is 1. The van der Waals surface area contributed by atoms with Gasteiger partial charge in [0.25, 0.3) is 0 Å². The quantitative estimate of drug-likeness (QED) is 0.110. The molecule has 1 saturated heterocycles. The second-order valence-corrected chi connectivity index (χ2v) is 12.4. The van der Waals surface area contributed by atoms with E-state index in [1.54, 1.807) is 36.4 Å². The van der Waals surface area contributed by atoms with E-state index in [2.05, 4.69) is 17.2 Å². The third-order valence-corrected chi connectivity index (χ3v) is 9.04. The molecule has 2 amide bonds. The Labute approximate surface area is 254 Å². The van der Waals surface area contributed by atoms with Gasteiger partial charge in [0.05, 0.1) is 24.5 Å². The van der Waals surface area contributed by atoms with Gasteiger partial charge in [0.1, 0.15) is 5.75 Å². The number of ether oxygens (including phenoxy) is 1. The summed E-state index contributed by atoms with van der Waals surface area (Å²) in [6, 6.07) is 14.6. The fourth-order valence-electron chi connectivity index (χ4n) is 4.62. The lowest BCUT2D eigenvalue weighted by Crippen LogP contribution is -2.43. The minimum absolute atomic E-state index is 0.0679. The highest BCUT2D eigenvalue weighted by atomic mass is 31.2. The smallest absolute Gasteiger partial charge is 0.417 e. The van der Waals surface area contributed by atoms with Crippen LogP contribution in [0.5, 0.6) is 5.75 Å². The van der Waals surface area contributed by atoms with Crippen LogP contribution in [0.4, 0.5) is 18.0 Å². The molecular formula is C31H37F3N3O6P. The van der Waals surface area contributed by atoms with Crippen molar-refractivity contribution in [1.29, 1.82) is 0 Å². The molecule has 1 unspecified atom stereocenters. The molecule has 2 N–H and O–H groups in total. The van der Waals surface area contributed by atoms with Gasteiger partial charge in [-0.15, -0.1) is 0 Å². The molecule has 1 aliphatic rings. The fraction of sp³-hybridized carbons (Fsp3) is 0.419. The van der Waals surface area contributed by atoms with Crippen LogP contribution in [0.25, 0.3) is 11.1 Å². The number of rotatable bonds is 14. The van der Waals surface area contributed by atoms with E-state index in [1.165, 1.54) is 29.3 Å². The average Bonchev–Trinajstić information content (AvgIpc) is 3.48. The molecule has 0 spiro atoms. The lowest BCUT2D eigenvalue weighted by atomic mass is 9.99. The number of unbranched alkanes of at least 4 members (excludes halogenated alkanes) is 3. The van der Waals surface area contributed by atoms with E-state index >= 15 is 0 Å². The van der Waals surface area contributed by atoms with Crippen LogP contribution in [-0.2, 0) is 26.2 Å². The number of urea groups is 1. The first-order chi connectivity index (χ1) is 21.1. The van der Waals surface area contributed by atoms with Gasteiger partial charge >= 0.3 is 19.8 Å². The molecule has 4 rings (SSSR count). The van der Waals surface area contributed by atoms with Crippen molar-refractivity contribution in [1.82, 2.24) is 15.2 Å². The summed E-state index contributed by atoms with van der Waals surface area (Å²) >= 11 is 0. The minimum Gasteiger partial charge on any atom is -0.473 e. The Balaban J connectivity index is 1.39. The summed E-state index contributed by atoms with van der Waals surface area (Å²) in [4.78, 5) is 18.7. The molecule has 0 bridgehead atoms. The fourth-order valence-corrected chi connectivity index (χ4v) is 6.11. The van der Waals surface area contributed by atoms with Gasteiger partial charge in [-0.1, -0.05) is 62.6 Å². The van der Waals surface area contributed by atoms with Gasteiger partial charge < -0.3 is 24.2 Å². The van der Waals surface area contributed by atoms with Crippen LogP contribution < -0.4 is 10.1 Å². The van der Waals surface area contributed by atoms with Crippen molar-refractivity contribution in [2.75, 3.05) is 33.0 Å². The van der Waals surface area contributed by atoms with Crippen molar-refractivity contribution in [3.8, 4) is 16.9 Å². The number of alkyl halides is 3. The highest BCUT2D eigenvalue weighted by Gasteiger charge is 2.40. The van der Waals surface area contributed by atoms with Gasteiger partial charge in [-0.25, -0.2) is 4.79 Å². The first-order valence-electron chi connectivity index (χ1n) is 14.5. The van der Waals surface area contributed by atoms with E-state index in [9.17, 15) is 27.6 Å². The highest BCUT2D eigenvalue weighted by molar-refractivity contribution is 7.54. The first kappa shape index (κ1) is 33.5. The van der Waals surface area contributed by atoms with Crippen molar-refractivity contribution in [3.05, 3.63) is 83.7 Å². The first-order valence-corrected chi connectivity index (χ1v) is 16.2. The Hall–Kier alpha value is -3.44. The molecular weight excluding hydrogens is 598 g/mol. The number of aliphatic hydroxyl groups is 1. The number of aliphatic hydroxyl groups excluding tert-OH is 1. The number of hydrogen-bond acceptors (Lipinski definition) is 7. The summed E-state index contributed by atoms with van der Waals surface area (Å²) in [7, 11) is -3.66. The van der Waals surface area contributed by atoms with Gasteiger partial charge in [0, 0.05) is 19.3 Å². The van der Waals surface area contributed by atoms with Gasteiger partial charge in [-0.05, 0) is 53.8 Å². The van der Waals surface area contributed by atoms with Crippen molar-refractivity contribution < 1.29 is 41.4 Å². The predicted molar refractivity (Wildman–Crippen MR) is 159 cm³/mol. The Morgan fingerprint density at radius 1 is 1.07 bits per heavy atom. The van der Waals surface area contributed by atoms with Crippen molar-refractivity contribution in [2.24, 2.45) is 0 Å². The maximum atomic E-state index is 13.5. The minimum atomic E-state index is -4.48. The topological polar surface area (TPSA) is 110 Å². The molecule has 1 fully saturated rings. The van der Waals surface area contributed by atoms with Crippen LogP contribution in [0.2, 0.25) is 0 Å². The van der Waals surface area contributed by atoms with Crippen LogP contribution in [0.3, 0.4) is 0 Å². The highest BCUT2D eigenvalue weighted by Crippen LogP contribution is 2.61. The number of amides is 2. The SMILES string of the molecule is CCCCCCNC(=O)N(CCc1ccc(C(O)P2(=O)OCCO2)nc1)COc1ccc(-c2ccccc2C(F)(F)F)cc1. The van der Waals surface area contributed by atoms with Gasteiger partial charge in [0.15, 0.2) is 12.6 Å². The van der Waals surface area contributed by atoms with E-state index in [4.69, 9.17) is 13.8 Å². The molecule has 1 aromatic heterocycles. The van der Waals surface area contributed by atoms with Crippen LogP contribution >= 0.6 is 7.60 Å². The summed E-state index contributed by atoms with van der Waals surface area (Å²) in [6.07, 6.45) is 1.47. The predicted octanol–water partition coefficient (Wildman–Crippen LogP) is 7.17. The summed E-state index contributed by atoms with van der Waals surface area (Å²) in [5.41, 5.74) is 0.663. The number of hydrogen-bond donors (Lipinski definition) is 2. The molecule has 1 atom stereocenters. The zero-order valence-electron chi connectivity index (χ0n) is 24.5. The molecule has 0 radical (unpaired) electrons. The molecule has 3 aromatic rings. The van der Waals surface area contributed by atoms with E-state index in [0.717, 1.165) is 37.3 Å². The Bertz CT molecular complexity index is 1400. The van der Waals surface area contributed by atoms with E-state index in [1.807, 2.05) is 0 Å². The number of nitrogens with one attached hydrogen (secondary N) is 1. The third-order valence-electron chi connectivity index (χ3n) is 7.09. The number of benzene rings is 2. The largest absolute Gasteiger partial charge is 0.473 e. The number of carbonyl (C=O) groups excluding carboxylic acids is 1. The maximum absolute atomic E-state index is 13.5. The van der Waals surface area contributed by atoms with Gasteiger partial charge in [0.2, 0.25) is 0 Å². The zero-order valence-corrected chi connectivity index (χ0v) is 25.4. The lowest BCUT2D eigenvalue weighted by molar-refractivity contribution is -0.137. The molecule has 0 aliphatic carbocycles. The Kier molecular flexibility index (Phi) is 11.8. The monoisotopic (exact) mass is 635 g/mol. The van der Waals surface area contributed by atoms with Crippen molar-refractivity contribution in [2.45, 2.75) is 51.0 Å². The Morgan fingerprint density at radius 3 is 2.45 bits per heavy atom. The Morgan fingerprint density at radius 2 is 1.80 bits per heavy atom. The molecule has 1 aliphatic heterocycles. The molecule has 238 valence electrons. The third kappa shape index (κ3) is 9.04. The number of halogens is 3. The van der Waals surface area contributed by atoms with Crippen molar-refractivity contribution >= 4 is 13.6 Å². The molecule has 9 nitrogen and oxygen atoms in total. The summed E-state index contributed by atoms with van der Waals surface area (Å²) < 4.78 is 69.0. The standard InChI is InChI=1S/C31H37F3N3O6P/c1-2-3-4-7-17-35-30(39)37(18-16-23-10-15-28(36-21-23)29(38)44(40)42-19-20-43-44)22-41-25-13-11-24(12-14-25)26-8-5-6-9-27(26)31(32,33)34/h5-6,8-15,21,29,38H,2-4,7,16-20,22H2,1H3,(H,35,39). The molecule has 13 heteroatoms. The van der Waals surface area contributed by atoms with E-state index in [-0.39, 0.29) is 43.8 Å². The second-order valence-electron chi connectivity index (χ2n) is 10.3. The molecule has 0 saturated carbocycles. The van der Waals surface area contributed by atoms with Crippen LogP contribution in [0.15, 0.2) is 66.9 Å². The molecule has 44 heavy (non-hydrogen) atoms. The lowest BCUT2D eigenvalue weighted by Gasteiger charge is -2.23. The summed E-state index contributed by atoms with van der Waals surface area (Å²) in [5, 5.41) is 13.3. The van der Waals surface area contributed by atoms with Gasteiger partial charge in [-0.2, -0.15) is 13.2 Å². The molecule has 2 heterocycles. The maximum Gasteiger partial charge on any atom is 0.417 e. The van der Waals surface area contributed by atoms with E-state index in [0.29, 0.717) is 24.3 Å². The summed E-state index contributed by atoms with van der Waals surface area (Å²) in [6.45, 7) is 3.08. The normalized spacial score (nSPS) is 15.1. The second kappa shape index (κ2) is 15.5. The van der Waals surface area contributed by atoms with Gasteiger partial charge in [-0.3, -0.25) is 14.4 Å². The van der Waals surface area contributed by atoms with Crippen LogP contribution in [-0.4, -0.2) is 54.1 Å². The van der Waals surface area contributed by atoms with Crippen LogP contribution in [0, 0.1) is 0 Å². The average molecular weight is 636 g/mol. The summed E-state index contributed by atoms with van der Waals surface area (Å²) in [5.74, 6) is -1.10. The zero-order chi connectivity index (χ0) is 31.6. The van der Waals surface area contributed by atoms with E-state index < -0.39 is 25.2 Å². The number of aromatic nitrogens is 1. The van der Waals surface area contributed by atoms with Crippen molar-refractivity contribution in [3.63, 3.8) is 0 Å².